The second kappa shape index (κ2) is 8.85. The zero-order chi connectivity index (χ0) is 17.5. The smallest absolute Gasteiger partial charge is 0.335 e. The molecule has 3 N–H and O–H groups in total. The van der Waals surface area contributed by atoms with Crippen molar-refractivity contribution in [2.75, 3.05) is 25.6 Å². The Morgan fingerprint density at radius 2 is 2.09 bits per heavy atom. The summed E-state index contributed by atoms with van der Waals surface area (Å²) in [6.07, 6.45) is 1.54. The molecule has 0 unspecified atom stereocenters. The molecule has 0 aliphatic rings. The monoisotopic (exact) mass is 344 g/mol. The Balaban J connectivity index is 3.16. The number of benzene rings is 1. The van der Waals surface area contributed by atoms with Gasteiger partial charge in [-0.2, -0.15) is 0 Å². The summed E-state index contributed by atoms with van der Waals surface area (Å²) in [5.74, 6) is -1.17. The highest BCUT2D eigenvalue weighted by Crippen LogP contribution is 2.23. The van der Waals surface area contributed by atoms with Crippen LogP contribution in [0.2, 0.25) is 0 Å². The number of hydrogen-bond donors (Lipinski definition) is 3. The number of rotatable bonds is 10. The molecule has 1 atom stereocenters. The molecule has 0 aromatic heterocycles. The second-order valence-electron chi connectivity index (χ2n) is 5.25. The van der Waals surface area contributed by atoms with Crippen molar-refractivity contribution >= 4 is 21.7 Å². The summed E-state index contributed by atoms with van der Waals surface area (Å²) in [6.45, 7) is 4.56. The minimum Gasteiger partial charge on any atom is -0.478 e. The third kappa shape index (κ3) is 5.81. The van der Waals surface area contributed by atoms with Crippen LogP contribution in [0.15, 0.2) is 23.1 Å². The number of carbonyl (C=O) groups is 1. The number of methoxy groups -OCH3 is 1. The van der Waals surface area contributed by atoms with Crippen molar-refractivity contribution in [2.24, 2.45) is 0 Å². The van der Waals surface area contributed by atoms with Crippen LogP contribution in [0.3, 0.4) is 0 Å². The highest BCUT2D eigenvalue weighted by molar-refractivity contribution is 7.89. The molecule has 0 fully saturated rings. The van der Waals surface area contributed by atoms with Crippen molar-refractivity contribution in [3.05, 3.63) is 23.8 Å². The van der Waals surface area contributed by atoms with Crippen LogP contribution in [-0.4, -0.2) is 45.8 Å². The number of sulfonamides is 1. The fourth-order valence-corrected chi connectivity index (χ4v) is 3.62. The molecule has 0 aliphatic carbocycles. The predicted octanol–water partition coefficient (Wildman–Crippen LogP) is 1.91. The molecule has 1 aromatic carbocycles. The largest absolute Gasteiger partial charge is 0.478 e. The van der Waals surface area contributed by atoms with Crippen LogP contribution in [0.25, 0.3) is 0 Å². The fourth-order valence-electron chi connectivity index (χ4n) is 2.13. The Morgan fingerprint density at radius 1 is 1.39 bits per heavy atom. The molecule has 0 heterocycles. The highest BCUT2D eigenvalue weighted by Gasteiger charge is 2.22. The molecule has 23 heavy (non-hydrogen) atoms. The summed E-state index contributed by atoms with van der Waals surface area (Å²) < 4.78 is 32.6. The Labute approximate surface area is 137 Å². The Bertz CT molecular complexity index is 631. The van der Waals surface area contributed by atoms with Gasteiger partial charge in [-0.05, 0) is 31.5 Å². The molecular weight excluding hydrogens is 320 g/mol. The maximum absolute atomic E-state index is 12.6. The Kier molecular flexibility index (Phi) is 7.47. The third-order valence-corrected chi connectivity index (χ3v) is 4.85. The maximum atomic E-state index is 12.6. The number of ether oxygens (including phenoxy) is 1. The van der Waals surface area contributed by atoms with Crippen LogP contribution in [0.4, 0.5) is 5.69 Å². The first-order chi connectivity index (χ1) is 10.8. The Hall–Kier alpha value is -1.64. The van der Waals surface area contributed by atoms with E-state index in [4.69, 9.17) is 9.84 Å². The summed E-state index contributed by atoms with van der Waals surface area (Å²) in [5, 5.41) is 12.0. The quantitative estimate of drug-likeness (QED) is 0.560. The molecule has 0 amide bonds. The molecule has 0 aliphatic heterocycles. The first-order valence-corrected chi connectivity index (χ1v) is 8.92. The van der Waals surface area contributed by atoms with Crippen LogP contribution in [-0.2, 0) is 14.8 Å². The van der Waals surface area contributed by atoms with Crippen molar-refractivity contribution in [1.82, 2.24) is 4.72 Å². The first kappa shape index (κ1) is 19.4. The summed E-state index contributed by atoms with van der Waals surface area (Å²) in [5.41, 5.74) is 0.272. The van der Waals surface area contributed by atoms with Gasteiger partial charge < -0.3 is 15.2 Å². The van der Waals surface area contributed by atoms with Gasteiger partial charge in [0.1, 0.15) is 4.90 Å². The van der Waals surface area contributed by atoms with E-state index < -0.39 is 16.0 Å². The minimum absolute atomic E-state index is 0.0727. The second-order valence-corrected chi connectivity index (χ2v) is 6.93. The van der Waals surface area contributed by atoms with Gasteiger partial charge in [-0.15, -0.1) is 0 Å². The van der Waals surface area contributed by atoms with Gasteiger partial charge in [0.2, 0.25) is 10.0 Å². The van der Waals surface area contributed by atoms with Gasteiger partial charge >= 0.3 is 5.97 Å². The lowest BCUT2D eigenvalue weighted by atomic mass is 10.2. The number of nitrogens with one attached hydrogen (secondary N) is 2. The van der Waals surface area contributed by atoms with Gasteiger partial charge in [-0.3, -0.25) is 0 Å². The number of hydrogen-bond acceptors (Lipinski definition) is 5. The molecular formula is C15H24N2O5S. The maximum Gasteiger partial charge on any atom is 0.335 e. The SMILES string of the molecule is CCC[C@@H](C)NS(=O)(=O)c1cc(C(=O)O)ccc1NCCOC. The molecule has 0 bridgehead atoms. The molecule has 0 saturated heterocycles. The standard InChI is InChI=1S/C15H24N2O5S/c1-4-5-11(2)17-23(20,21)14-10-12(15(18)19)6-7-13(14)16-8-9-22-3/h6-7,10-11,16-17H,4-5,8-9H2,1-3H3,(H,18,19)/t11-/m1/s1. The third-order valence-electron chi connectivity index (χ3n) is 3.22. The van der Waals surface area contributed by atoms with Crippen molar-refractivity contribution < 1.29 is 23.1 Å². The van der Waals surface area contributed by atoms with Crippen LogP contribution >= 0.6 is 0 Å². The molecule has 1 aromatic rings. The van der Waals surface area contributed by atoms with E-state index in [1.54, 1.807) is 14.0 Å². The average molecular weight is 344 g/mol. The molecule has 0 radical (unpaired) electrons. The summed E-state index contributed by atoms with van der Waals surface area (Å²) >= 11 is 0. The normalized spacial score (nSPS) is 12.8. The van der Waals surface area contributed by atoms with Gasteiger partial charge in [0.05, 0.1) is 17.9 Å². The molecule has 0 spiro atoms. The van der Waals surface area contributed by atoms with Crippen molar-refractivity contribution in [3.63, 3.8) is 0 Å². The lowest BCUT2D eigenvalue weighted by Gasteiger charge is -2.17. The zero-order valence-corrected chi connectivity index (χ0v) is 14.4. The van der Waals surface area contributed by atoms with Gasteiger partial charge in [0.25, 0.3) is 0 Å². The molecule has 0 saturated carbocycles. The van der Waals surface area contributed by atoms with Gasteiger partial charge in [-0.1, -0.05) is 13.3 Å². The van der Waals surface area contributed by atoms with E-state index in [0.29, 0.717) is 25.3 Å². The van der Waals surface area contributed by atoms with Crippen molar-refractivity contribution in [3.8, 4) is 0 Å². The van der Waals surface area contributed by atoms with Crippen LogP contribution in [0.5, 0.6) is 0 Å². The van der Waals surface area contributed by atoms with E-state index in [1.165, 1.54) is 18.2 Å². The highest BCUT2D eigenvalue weighted by atomic mass is 32.2. The van der Waals surface area contributed by atoms with Gasteiger partial charge in [0, 0.05) is 19.7 Å². The lowest BCUT2D eigenvalue weighted by molar-refractivity contribution is 0.0696. The lowest BCUT2D eigenvalue weighted by Crippen LogP contribution is -2.33. The molecule has 7 nitrogen and oxygen atoms in total. The minimum atomic E-state index is -3.82. The summed E-state index contributed by atoms with van der Waals surface area (Å²) in [6, 6.07) is 3.76. The fraction of sp³-hybridized carbons (Fsp3) is 0.533. The van der Waals surface area contributed by atoms with E-state index in [1.807, 2.05) is 6.92 Å². The van der Waals surface area contributed by atoms with E-state index in [0.717, 1.165) is 6.42 Å². The van der Waals surface area contributed by atoms with E-state index >= 15 is 0 Å². The molecule has 8 heteroatoms. The van der Waals surface area contributed by atoms with Gasteiger partial charge in [0.15, 0.2) is 0 Å². The topological polar surface area (TPSA) is 105 Å². The van der Waals surface area contributed by atoms with Crippen LogP contribution < -0.4 is 10.0 Å². The van der Waals surface area contributed by atoms with Gasteiger partial charge in [-0.25, -0.2) is 17.9 Å². The summed E-state index contributed by atoms with van der Waals surface area (Å²) in [4.78, 5) is 11.0. The number of carboxylic acids is 1. The van der Waals surface area contributed by atoms with Crippen LogP contribution in [0.1, 0.15) is 37.0 Å². The molecule has 1 rings (SSSR count). The molecule has 130 valence electrons. The van der Waals surface area contributed by atoms with E-state index in [9.17, 15) is 13.2 Å². The van der Waals surface area contributed by atoms with E-state index in [2.05, 4.69) is 10.0 Å². The van der Waals surface area contributed by atoms with Crippen LogP contribution in [0, 0.1) is 0 Å². The van der Waals surface area contributed by atoms with E-state index in [-0.39, 0.29) is 16.5 Å². The summed E-state index contributed by atoms with van der Waals surface area (Å²) in [7, 11) is -2.28. The first-order valence-electron chi connectivity index (χ1n) is 7.44. The van der Waals surface area contributed by atoms with Crippen molar-refractivity contribution in [2.45, 2.75) is 37.6 Å². The average Bonchev–Trinajstić information content (AvgIpc) is 2.47. The zero-order valence-electron chi connectivity index (χ0n) is 13.6. The Morgan fingerprint density at radius 3 is 2.65 bits per heavy atom. The number of aromatic carboxylic acids is 1. The predicted molar refractivity (Wildman–Crippen MR) is 88.5 cm³/mol. The number of carboxylic acid groups (broad SMARTS) is 1. The number of anilines is 1. The van der Waals surface area contributed by atoms with Crippen molar-refractivity contribution in [1.29, 1.82) is 0 Å².